The summed E-state index contributed by atoms with van der Waals surface area (Å²) in [5, 5.41) is 2.56. The Morgan fingerprint density at radius 3 is 2.58 bits per heavy atom. The first-order valence-corrected chi connectivity index (χ1v) is 8.60. The zero-order chi connectivity index (χ0) is 14.6. The van der Waals surface area contributed by atoms with E-state index in [1.807, 2.05) is 0 Å². The maximum Gasteiger partial charge on any atom is 0.242 e. The fourth-order valence-corrected chi connectivity index (χ4v) is 4.07. The standard InChI is InChI=1S/C11H14Br2N2O3S/c1-3-14-11(16)7(2)15-19(17,18)10-6-8(12)4-5-9(10)13/h4-7,15H,3H2,1-2H3,(H,14,16). The van der Waals surface area contributed by atoms with Gasteiger partial charge >= 0.3 is 0 Å². The second kappa shape index (κ2) is 6.83. The van der Waals surface area contributed by atoms with Gasteiger partial charge in [0, 0.05) is 15.5 Å². The lowest BCUT2D eigenvalue weighted by atomic mass is 10.3. The monoisotopic (exact) mass is 412 g/mol. The van der Waals surface area contributed by atoms with Crippen LogP contribution in [0.1, 0.15) is 13.8 Å². The number of hydrogen-bond donors (Lipinski definition) is 2. The second-order valence-electron chi connectivity index (χ2n) is 3.81. The fourth-order valence-electron chi connectivity index (χ4n) is 1.36. The number of benzene rings is 1. The van der Waals surface area contributed by atoms with Crippen LogP contribution in [0.2, 0.25) is 0 Å². The molecule has 106 valence electrons. The van der Waals surface area contributed by atoms with E-state index in [4.69, 9.17) is 0 Å². The Labute approximate surface area is 129 Å². The summed E-state index contributed by atoms with van der Waals surface area (Å²) in [6.07, 6.45) is 0. The highest BCUT2D eigenvalue weighted by Gasteiger charge is 2.23. The van der Waals surface area contributed by atoms with Crippen LogP contribution in [-0.4, -0.2) is 26.9 Å². The van der Waals surface area contributed by atoms with Crippen molar-refractivity contribution in [3.8, 4) is 0 Å². The predicted molar refractivity (Wildman–Crippen MR) is 80.3 cm³/mol. The van der Waals surface area contributed by atoms with Gasteiger partial charge in [-0.15, -0.1) is 0 Å². The number of likely N-dealkylation sites (N-methyl/N-ethyl adjacent to an activating group) is 1. The van der Waals surface area contributed by atoms with Gasteiger partial charge in [-0.05, 0) is 48.0 Å². The topological polar surface area (TPSA) is 75.3 Å². The molecule has 1 aromatic carbocycles. The van der Waals surface area contributed by atoms with Gasteiger partial charge in [0.05, 0.1) is 10.9 Å². The van der Waals surface area contributed by atoms with Crippen molar-refractivity contribution in [3.63, 3.8) is 0 Å². The van der Waals surface area contributed by atoms with Gasteiger partial charge in [0.2, 0.25) is 15.9 Å². The molecule has 0 heterocycles. The van der Waals surface area contributed by atoms with Crippen molar-refractivity contribution in [2.24, 2.45) is 0 Å². The Balaban J connectivity index is 2.99. The third kappa shape index (κ3) is 4.55. The zero-order valence-corrected chi connectivity index (χ0v) is 14.4. The van der Waals surface area contributed by atoms with Gasteiger partial charge in [-0.2, -0.15) is 4.72 Å². The predicted octanol–water partition coefficient (Wildman–Crippen LogP) is 2.01. The Bertz CT molecular complexity index is 575. The highest BCUT2D eigenvalue weighted by molar-refractivity contribution is 9.11. The minimum absolute atomic E-state index is 0.0815. The van der Waals surface area contributed by atoms with Crippen LogP contribution in [0.15, 0.2) is 32.0 Å². The minimum Gasteiger partial charge on any atom is -0.355 e. The van der Waals surface area contributed by atoms with Crippen LogP contribution in [0.25, 0.3) is 0 Å². The molecule has 1 atom stereocenters. The maximum atomic E-state index is 12.2. The van der Waals surface area contributed by atoms with Crippen molar-refractivity contribution in [1.29, 1.82) is 0 Å². The lowest BCUT2D eigenvalue weighted by Gasteiger charge is -2.14. The Kier molecular flexibility index (Phi) is 5.97. The lowest BCUT2D eigenvalue weighted by Crippen LogP contribution is -2.44. The summed E-state index contributed by atoms with van der Waals surface area (Å²) in [5.74, 6) is -0.364. The molecule has 0 bridgehead atoms. The molecule has 2 N–H and O–H groups in total. The number of rotatable bonds is 5. The first-order chi connectivity index (χ1) is 8.77. The number of sulfonamides is 1. The first-order valence-electron chi connectivity index (χ1n) is 5.53. The molecule has 0 aliphatic carbocycles. The number of hydrogen-bond acceptors (Lipinski definition) is 3. The van der Waals surface area contributed by atoms with E-state index >= 15 is 0 Å². The molecular weight excluding hydrogens is 400 g/mol. The van der Waals surface area contributed by atoms with Gasteiger partial charge < -0.3 is 5.32 Å². The van der Waals surface area contributed by atoms with Crippen molar-refractivity contribution in [3.05, 3.63) is 27.1 Å². The van der Waals surface area contributed by atoms with Gasteiger partial charge in [-0.1, -0.05) is 15.9 Å². The fraction of sp³-hybridized carbons (Fsp3) is 0.364. The van der Waals surface area contributed by atoms with Crippen molar-refractivity contribution in [1.82, 2.24) is 10.0 Å². The summed E-state index contributed by atoms with van der Waals surface area (Å²) in [6.45, 7) is 3.71. The average Bonchev–Trinajstić information content (AvgIpc) is 2.31. The molecule has 0 spiro atoms. The van der Waals surface area contributed by atoms with Gasteiger partial charge in [0.15, 0.2) is 0 Å². The molecule has 5 nitrogen and oxygen atoms in total. The summed E-state index contributed by atoms with van der Waals surface area (Å²) in [6, 6.07) is 3.97. The Morgan fingerprint density at radius 1 is 1.37 bits per heavy atom. The van der Waals surface area contributed by atoms with E-state index in [9.17, 15) is 13.2 Å². The molecule has 1 amide bonds. The summed E-state index contributed by atoms with van der Waals surface area (Å²) in [7, 11) is -3.76. The average molecular weight is 414 g/mol. The molecule has 0 saturated carbocycles. The van der Waals surface area contributed by atoms with E-state index in [2.05, 4.69) is 41.9 Å². The van der Waals surface area contributed by atoms with Crippen molar-refractivity contribution < 1.29 is 13.2 Å². The highest BCUT2D eigenvalue weighted by atomic mass is 79.9. The molecule has 0 fully saturated rings. The van der Waals surface area contributed by atoms with Crippen LogP contribution in [-0.2, 0) is 14.8 Å². The molecule has 1 aromatic rings. The van der Waals surface area contributed by atoms with Crippen LogP contribution in [0, 0.1) is 0 Å². The summed E-state index contributed by atoms with van der Waals surface area (Å²) < 4.78 is 27.8. The zero-order valence-electron chi connectivity index (χ0n) is 10.4. The van der Waals surface area contributed by atoms with Crippen LogP contribution in [0.3, 0.4) is 0 Å². The van der Waals surface area contributed by atoms with Gasteiger partial charge in [0.25, 0.3) is 0 Å². The van der Waals surface area contributed by atoms with Crippen molar-refractivity contribution >= 4 is 47.8 Å². The maximum absolute atomic E-state index is 12.2. The van der Waals surface area contributed by atoms with Crippen LogP contribution in [0.4, 0.5) is 0 Å². The molecule has 0 radical (unpaired) electrons. The summed E-state index contributed by atoms with van der Waals surface area (Å²) in [4.78, 5) is 11.6. The van der Waals surface area contributed by atoms with Gasteiger partial charge in [-0.25, -0.2) is 8.42 Å². The molecule has 0 aliphatic heterocycles. The third-order valence-corrected chi connectivity index (χ3v) is 5.29. The highest BCUT2D eigenvalue weighted by Crippen LogP contribution is 2.25. The second-order valence-corrected chi connectivity index (χ2v) is 7.26. The van der Waals surface area contributed by atoms with E-state index in [0.717, 1.165) is 0 Å². The molecular formula is C11H14Br2N2O3S. The number of nitrogens with one attached hydrogen (secondary N) is 2. The molecule has 0 aromatic heterocycles. The van der Waals surface area contributed by atoms with Crippen LogP contribution >= 0.6 is 31.9 Å². The quantitative estimate of drug-likeness (QED) is 0.775. The SMILES string of the molecule is CCNC(=O)C(C)NS(=O)(=O)c1cc(Br)ccc1Br. The molecule has 0 aliphatic rings. The molecule has 8 heteroatoms. The summed E-state index contributed by atoms with van der Waals surface area (Å²) >= 11 is 6.40. The van der Waals surface area contributed by atoms with E-state index < -0.39 is 16.1 Å². The minimum atomic E-state index is -3.76. The normalized spacial score (nSPS) is 13.1. The molecule has 1 unspecified atom stereocenters. The Hall–Kier alpha value is -0.440. The largest absolute Gasteiger partial charge is 0.355 e. The number of carbonyl (C=O) groups is 1. The summed E-state index contributed by atoms with van der Waals surface area (Å²) in [5.41, 5.74) is 0. The number of halogens is 2. The van der Waals surface area contributed by atoms with Crippen LogP contribution < -0.4 is 10.0 Å². The van der Waals surface area contributed by atoms with Gasteiger partial charge in [-0.3, -0.25) is 4.79 Å². The number of carbonyl (C=O) groups excluding carboxylic acids is 1. The molecule has 0 saturated heterocycles. The molecule has 1 rings (SSSR count). The van der Waals surface area contributed by atoms with E-state index in [1.54, 1.807) is 19.1 Å². The van der Waals surface area contributed by atoms with E-state index in [-0.39, 0.29) is 10.8 Å². The van der Waals surface area contributed by atoms with E-state index in [0.29, 0.717) is 15.5 Å². The Morgan fingerprint density at radius 2 is 2.00 bits per heavy atom. The smallest absolute Gasteiger partial charge is 0.242 e. The van der Waals surface area contributed by atoms with Gasteiger partial charge in [0.1, 0.15) is 0 Å². The first kappa shape index (κ1) is 16.6. The van der Waals surface area contributed by atoms with Crippen LogP contribution in [0.5, 0.6) is 0 Å². The lowest BCUT2D eigenvalue weighted by molar-refractivity contribution is -0.122. The van der Waals surface area contributed by atoms with Crippen molar-refractivity contribution in [2.75, 3.05) is 6.54 Å². The van der Waals surface area contributed by atoms with E-state index in [1.165, 1.54) is 13.0 Å². The number of amides is 1. The third-order valence-electron chi connectivity index (χ3n) is 2.26. The molecule has 19 heavy (non-hydrogen) atoms. The van der Waals surface area contributed by atoms with Crippen molar-refractivity contribution in [2.45, 2.75) is 24.8 Å².